The van der Waals surface area contributed by atoms with Crippen molar-refractivity contribution in [2.45, 2.75) is 40.5 Å². The molecule has 8 heteroatoms. The fourth-order valence-corrected chi connectivity index (χ4v) is 5.70. The minimum absolute atomic E-state index is 0.270. The Labute approximate surface area is 194 Å². The predicted molar refractivity (Wildman–Crippen MR) is 128 cm³/mol. The van der Waals surface area contributed by atoms with Crippen molar-refractivity contribution in [3.63, 3.8) is 0 Å². The van der Waals surface area contributed by atoms with E-state index in [0.29, 0.717) is 0 Å². The molecule has 0 spiro atoms. The van der Waals surface area contributed by atoms with Gasteiger partial charge in [-0.25, -0.2) is 9.19 Å². The summed E-state index contributed by atoms with van der Waals surface area (Å²) in [6.45, 7) is 10.5. The number of piperidine rings is 1. The van der Waals surface area contributed by atoms with E-state index in [0.717, 1.165) is 41.7 Å². The zero-order valence-corrected chi connectivity index (χ0v) is 20.7. The van der Waals surface area contributed by atoms with Crippen LogP contribution in [0, 0.1) is 33.6 Å². The molecule has 0 aliphatic carbocycles. The van der Waals surface area contributed by atoms with E-state index in [9.17, 15) is 8.76 Å². The first-order valence-electron chi connectivity index (χ1n) is 10.5. The van der Waals surface area contributed by atoms with Gasteiger partial charge in [0.15, 0.2) is 0 Å². The maximum atomic E-state index is 10.7. The first-order valence-corrected chi connectivity index (χ1v) is 12.3. The summed E-state index contributed by atoms with van der Waals surface area (Å²) >= 11 is 1.16. The highest BCUT2D eigenvalue weighted by atomic mass is 79.9. The molecule has 1 atom stereocenters. The average Bonchev–Trinajstić information content (AvgIpc) is 3.01. The second-order valence-electron chi connectivity index (χ2n) is 8.47. The largest absolute Gasteiger partial charge is 0.750 e. The van der Waals surface area contributed by atoms with Crippen molar-refractivity contribution in [1.29, 1.82) is 0 Å². The molecule has 31 heavy (non-hydrogen) atoms. The molecule has 2 aromatic heterocycles. The minimum atomic E-state index is -2.44. The van der Waals surface area contributed by atoms with Crippen molar-refractivity contribution in [1.82, 2.24) is 9.55 Å². The van der Waals surface area contributed by atoms with Crippen molar-refractivity contribution >= 4 is 44.0 Å². The Hall–Kier alpha value is -1.74. The molecule has 1 aromatic carbocycles. The molecule has 0 N–H and O–H groups in total. The van der Waals surface area contributed by atoms with Crippen LogP contribution in [0.4, 0.5) is 5.69 Å². The molecule has 0 bridgehead atoms. The van der Waals surface area contributed by atoms with Gasteiger partial charge >= 0.3 is 0 Å². The summed E-state index contributed by atoms with van der Waals surface area (Å²) < 4.78 is 29.5. The lowest BCUT2D eigenvalue weighted by Gasteiger charge is -2.34. The second-order valence-corrected chi connectivity index (χ2v) is 10.0. The Kier molecular flexibility index (Phi) is 6.53. The summed E-state index contributed by atoms with van der Waals surface area (Å²) in [6, 6.07) is 6.45. The first-order chi connectivity index (χ1) is 14.7. The lowest BCUT2D eigenvalue weighted by Crippen LogP contribution is -2.35. The number of nitrogens with zero attached hydrogens (tertiary/aromatic N) is 3. The molecule has 3 heterocycles. The second kappa shape index (κ2) is 9.02. The summed E-state index contributed by atoms with van der Waals surface area (Å²) in [5.41, 5.74) is 7.95. The standard InChI is InChI=1S/C23H28BrN3O3S/c1-14-9-19(24)10-15(2)22(14)27-12-16(3)21-20(11-17(4)25-23(21)27)26-7-5-18(6-8-26)13-30-31(28)29/h9-12,18H,5-8,13H2,1-4H3,(H,28,29)/p-1. The summed E-state index contributed by atoms with van der Waals surface area (Å²) in [7, 11) is 0. The maximum Gasteiger partial charge on any atom is 0.147 e. The molecule has 3 aromatic rings. The van der Waals surface area contributed by atoms with Gasteiger partial charge in [0.1, 0.15) is 5.65 Å². The van der Waals surface area contributed by atoms with Crippen molar-refractivity contribution in [3.05, 3.63) is 51.3 Å². The van der Waals surface area contributed by atoms with Gasteiger partial charge < -0.3 is 18.2 Å². The molecular formula is C23H27BrN3O3S-. The normalized spacial score (nSPS) is 16.3. The van der Waals surface area contributed by atoms with E-state index < -0.39 is 11.4 Å². The maximum absolute atomic E-state index is 10.7. The quantitative estimate of drug-likeness (QED) is 0.454. The molecule has 6 nitrogen and oxygen atoms in total. The SMILES string of the molecule is Cc1cc(N2CCC(COS(=O)[O-])CC2)c2c(C)cn(-c3c(C)cc(Br)cc3C)c2n1. The highest BCUT2D eigenvalue weighted by molar-refractivity contribution is 9.10. The third kappa shape index (κ3) is 4.58. The Morgan fingerprint density at radius 2 is 1.77 bits per heavy atom. The molecule has 0 amide bonds. The fourth-order valence-electron chi connectivity index (χ4n) is 4.71. The monoisotopic (exact) mass is 504 g/mol. The zero-order valence-electron chi connectivity index (χ0n) is 18.3. The van der Waals surface area contributed by atoms with Gasteiger partial charge in [-0.3, -0.25) is 0 Å². The zero-order chi connectivity index (χ0) is 22.3. The van der Waals surface area contributed by atoms with Crippen LogP contribution in [0.25, 0.3) is 16.7 Å². The summed E-state index contributed by atoms with van der Waals surface area (Å²) in [5.74, 6) is 0.270. The lowest BCUT2D eigenvalue weighted by atomic mass is 9.97. The van der Waals surface area contributed by atoms with Crippen LogP contribution in [-0.4, -0.2) is 38.0 Å². The lowest BCUT2D eigenvalue weighted by molar-refractivity contribution is 0.220. The molecular weight excluding hydrogens is 478 g/mol. The van der Waals surface area contributed by atoms with E-state index in [1.165, 1.54) is 33.5 Å². The van der Waals surface area contributed by atoms with E-state index in [1.807, 2.05) is 6.92 Å². The van der Waals surface area contributed by atoms with Crippen LogP contribution in [0.3, 0.4) is 0 Å². The number of benzene rings is 1. The highest BCUT2D eigenvalue weighted by Crippen LogP contribution is 2.36. The third-order valence-corrected chi connectivity index (χ3v) is 6.89. The van der Waals surface area contributed by atoms with Crippen molar-refractivity contribution < 1.29 is 12.9 Å². The topological polar surface area (TPSA) is 70.4 Å². The summed E-state index contributed by atoms with van der Waals surface area (Å²) in [4.78, 5) is 7.34. The fraction of sp³-hybridized carbons (Fsp3) is 0.435. The van der Waals surface area contributed by atoms with Gasteiger partial charge in [0.05, 0.1) is 23.7 Å². The smallest absolute Gasteiger partial charge is 0.147 e. The van der Waals surface area contributed by atoms with Crippen molar-refractivity contribution in [2.24, 2.45) is 5.92 Å². The van der Waals surface area contributed by atoms with Crippen LogP contribution in [0.1, 0.15) is 35.2 Å². The van der Waals surface area contributed by atoms with E-state index >= 15 is 0 Å². The van der Waals surface area contributed by atoms with E-state index in [2.05, 4.69) is 70.6 Å². The molecule has 166 valence electrons. The molecule has 1 fully saturated rings. The number of rotatable bonds is 5. The van der Waals surface area contributed by atoms with Crippen LogP contribution < -0.4 is 4.90 Å². The summed E-state index contributed by atoms with van der Waals surface area (Å²) in [6.07, 6.45) is 4.00. The first kappa shape index (κ1) is 22.5. The van der Waals surface area contributed by atoms with Gasteiger partial charge in [-0.2, -0.15) is 0 Å². The van der Waals surface area contributed by atoms with E-state index in [1.54, 1.807) is 0 Å². The van der Waals surface area contributed by atoms with Crippen molar-refractivity contribution in [2.75, 3.05) is 24.6 Å². The van der Waals surface area contributed by atoms with Crippen LogP contribution in [0.15, 0.2) is 28.9 Å². The third-order valence-electron chi connectivity index (χ3n) is 6.10. The molecule has 1 unspecified atom stereocenters. The van der Waals surface area contributed by atoms with Crippen LogP contribution in [0.5, 0.6) is 0 Å². The molecule has 1 aliphatic heterocycles. The minimum Gasteiger partial charge on any atom is -0.750 e. The van der Waals surface area contributed by atoms with Crippen LogP contribution in [-0.2, 0) is 15.5 Å². The number of hydrogen-bond donors (Lipinski definition) is 0. The van der Waals surface area contributed by atoms with Gasteiger partial charge in [-0.1, -0.05) is 15.9 Å². The number of fused-ring (bicyclic) bond motifs is 1. The molecule has 0 saturated carbocycles. The number of hydrogen-bond acceptors (Lipinski definition) is 5. The van der Waals surface area contributed by atoms with Crippen LogP contribution in [0.2, 0.25) is 0 Å². The molecule has 1 aliphatic rings. The molecule has 4 rings (SSSR count). The highest BCUT2D eigenvalue weighted by Gasteiger charge is 2.24. The van der Waals surface area contributed by atoms with E-state index in [-0.39, 0.29) is 12.5 Å². The number of anilines is 1. The van der Waals surface area contributed by atoms with Crippen LogP contribution >= 0.6 is 15.9 Å². The van der Waals surface area contributed by atoms with Gasteiger partial charge in [-0.05, 0) is 81.3 Å². The van der Waals surface area contributed by atoms with Gasteiger partial charge in [-0.15, -0.1) is 0 Å². The number of aryl methyl sites for hydroxylation is 4. The number of pyridine rings is 1. The summed E-state index contributed by atoms with van der Waals surface area (Å²) in [5, 5.41) is 1.18. The average molecular weight is 505 g/mol. The van der Waals surface area contributed by atoms with Gasteiger partial charge in [0, 0.05) is 40.5 Å². The Morgan fingerprint density at radius 1 is 1.13 bits per heavy atom. The van der Waals surface area contributed by atoms with E-state index in [4.69, 9.17) is 9.17 Å². The Bertz CT molecular complexity index is 1130. The molecule has 0 radical (unpaired) electrons. The predicted octanol–water partition coefficient (Wildman–Crippen LogP) is 5.05. The number of aromatic nitrogens is 2. The van der Waals surface area contributed by atoms with Gasteiger partial charge in [0.2, 0.25) is 0 Å². The van der Waals surface area contributed by atoms with Gasteiger partial charge in [0.25, 0.3) is 0 Å². The number of halogens is 1. The van der Waals surface area contributed by atoms with Crippen molar-refractivity contribution in [3.8, 4) is 5.69 Å². The Balaban J connectivity index is 1.72. The Morgan fingerprint density at radius 3 is 2.39 bits per heavy atom. The molecule has 1 saturated heterocycles.